The van der Waals surface area contributed by atoms with Crippen LogP contribution in [-0.2, 0) is 14.3 Å². The fourth-order valence-electron chi connectivity index (χ4n) is 2.22. The summed E-state index contributed by atoms with van der Waals surface area (Å²) in [6.07, 6.45) is 0.141. The lowest BCUT2D eigenvalue weighted by Crippen LogP contribution is -2.36. The maximum absolute atomic E-state index is 12.8. The number of methoxy groups -OCH3 is 1. The zero-order valence-electron chi connectivity index (χ0n) is 16.2. The first-order valence-electron chi connectivity index (χ1n) is 8.53. The third kappa shape index (κ3) is 7.13. The Bertz CT molecular complexity index is 628. The van der Waals surface area contributed by atoms with Crippen molar-refractivity contribution in [1.29, 1.82) is 0 Å². The molecule has 0 saturated heterocycles. The third-order valence-electron chi connectivity index (χ3n) is 3.63. The number of esters is 1. The van der Waals surface area contributed by atoms with Crippen LogP contribution < -0.4 is 4.74 Å². The molecule has 0 saturated carbocycles. The molecule has 1 aromatic carbocycles. The highest BCUT2D eigenvalue weighted by Crippen LogP contribution is 2.16. The highest BCUT2D eigenvalue weighted by molar-refractivity contribution is 5.94. The highest BCUT2D eigenvalue weighted by atomic mass is 16.5. The summed E-state index contributed by atoms with van der Waals surface area (Å²) in [5, 5.41) is 0. The smallest absolute Gasteiger partial charge is 0.307 e. The van der Waals surface area contributed by atoms with E-state index in [1.54, 1.807) is 43.3 Å². The van der Waals surface area contributed by atoms with Gasteiger partial charge in [-0.1, -0.05) is 19.9 Å². The molecule has 2 amide bonds. The second kappa shape index (κ2) is 10.4. The van der Waals surface area contributed by atoms with Crippen LogP contribution in [0, 0.1) is 5.92 Å². The lowest BCUT2D eigenvalue weighted by Gasteiger charge is -2.24. The van der Waals surface area contributed by atoms with Gasteiger partial charge in [-0.3, -0.25) is 14.4 Å². The fraction of sp³-hybridized carbons (Fsp3) is 0.526. The van der Waals surface area contributed by atoms with E-state index in [1.807, 2.05) is 13.8 Å². The predicted octanol–water partition coefficient (Wildman–Crippen LogP) is 1.81. The zero-order chi connectivity index (χ0) is 19.7. The summed E-state index contributed by atoms with van der Waals surface area (Å²) < 4.78 is 10.1. The van der Waals surface area contributed by atoms with Gasteiger partial charge in [0.1, 0.15) is 5.75 Å². The minimum atomic E-state index is -0.356. The first-order valence-corrected chi connectivity index (χ1v) is 8.53. The van der Waals surface area contributed by atoms with Crippen LogP contribution >= 0.6 is 0 Å². The quantitative estimate of drug-likeness (QED) is 0.625. The lowest BCUT2D eigenvalue weighted by atomic mass is 10.1. The van der Waals surface area contributed by atoms with Gasteiger partial charge in [-0.15, -0.1) is 0 Å². The van der Waals surface area contributed by atoms with E-state index in [0.717, 1.165) is 0 Å². The number of carbonyl (C=O) groups excluding carboxylic acids is 3. The molecule has 144 valence electrons. The number of likely N-dealkylation sites (N-methyl/N-ethyl adjacent to an activating group) is 1. The molecule has 1 rings (SSSR count). The Hall–Kier alpha value is -2.57. The lowest BCUT2D eigenvalue weighted by molar-refractivity contribution is -0.140. The van der Waals surface area contributed by atoms with Gasteiger partial charge in [-0.05, 0) is 24.1 Å². The molecule has 0 bridgehead atoms. The van der Waals surface area contributed by atoms with E-state index in [-0.39, 0.29) is 43.3 Å². The number of carbonyl (C=O) groups is 3. The number of hydrogen-bond donors (Lipinski definition) is 0. The summed E-state index contributed by atoms with van der Waals surface area (Å²) in [7, 11) is 4.63. The summed E-state index contributed by atoms with van der Waals surface area (Å²) in [6, 6.07) is 6.70. The molecule has 0 N–H and O–H groups in total. The molecule has 0 spiro atoms. The van der Waals surface area contributed by atoms with Gasteiger partial charge in [0.15, 0.2) is 6.61 Å². The van der Waals surface area contributed by atoms with Gasteiger partial charge in [-0.2, -0.15) is 0 Å². The van der Waals surface area contributed by atoms with Crippen molar-refractivity contribution in [3.8, 4) is 5.75 Å². The van der Waals surface area contributed by atoms with Crippen molar-refractivity contribution in [3.05, 3.63) is 29.8 Å². The van der Waals surface area contributed by atoms with E-state index in [9.17, 15) is 14.4 Å². The molecule has 0 heterocycles. The van der Waals surface area contributed by atoms with Crippen molar-refractivity contribution in [3.63, 3.8) is 0 Å². The first kappa shape index (κ1) is 21.5. The van der Waals surface area contributed by atoms with Crippen molar-refractivity contribution >= 4 is 17.8 Å². The molecule has 0 unspecified atom stereocenters. The molecule has 7 heteroatoms. The maximum Gasteiger partial charge on any atom is 0.307 e. The molecule has 0 aliphatic carbocycles. The third-order valence-corrected chi connectivity index (χ3v) is 3.63. The summed E-state index contributed by atoms with van der Waals surface area (Å²) in [6.45, 7) is 4.73. The Morgan fingerprint density at radius 1 is 1.15 bits per heavy atom. The average molecular weight is 364 g/mol. The van der Waals surface area contributed by atoms with Crippen LogP contribution in [0.5, 0.6) is 5.75 Å². The van der Waals surface area contributed by atoms with Crippen LogP contribution in [0.4, 0.5) is 0 Å². The normalized spacial score (nSPS) is 10.4. The van der Waals surface area contributed by atoms with E-state index < -0.39 is 0 Å². The first-order chi connectivity index (χ1) is 12.2. The Labute approximate surface area is 154 Å². The Kier molecular flexibility index (Phi) is 8.61. The standard InChI is InChI=1S/C19H28N2O5/c1-14(2)12-21(10-9-18(23)25-5)19(24)15-7-6-8-16(11-15)26-13-17(22)20(3)4/h6-8,11,14H,9-10,12-13H2,1-5H3. The number of nitrogens with zero attached hydrogens (tertiary/aromatic N) is 2. The fourth-order valence-corrected chi connectivity index (χ4v) is 2.22. The van der Waals surface area contributed by atoms with Gasteiger partial charge in [-0.25, -0.2) is 0 Å². The molecule has 26 heavy (non-hydrogen) atoms. The van der Waals surface area contributed by atoms with Gasteiger partial charge < -0.3 is 19.3 Å². The molecule has 7 nitrogen and oxygen atoms in total. The van der Waals surface area contributed by atoms with Gasteiger partial charge >= 0.3 is 5.97 Å². The zero-order valence-corrected chi connectivity index (χ0v) is 16.2. The molecule has 0 radical (unpaired) electrons. The van der Waals surface area contributed by atoms with Crippen LogP contribution in [0.25, 0.3) is 0 Å². The second-order valence-electron chi connectivity index (χ2n) is 6.58. The van der Waals surface area contributed by atoms with Crippen LogP contribution in [0.15, 0.2) is 24.3 Å². The molecule has 1 aromatic rings. The Balaban J connectivity index is 2.84. The van der Waals surface area contributed by atoms with Gasteiger partial charge in [0.05, 0.1) is 13.5 Å². The molecule has 0 aliphatic rings. The van der Waals surface area contributed by atoms with E-state index in [0.29, 0.717) is 17.9 Å². The van der Waals surface area contributed by atoms with E-state index in [2.05, 4.69) is 4.74 Å². The van der Waals surface area contributed by atoms with E-state index in [1.165, 1.54) is 12.0 Å². The van der Waals surface area contributed by atoms with Crippen LogP contribution in [0.2, 0.25) is 0 Å². The van der Waals surface area contributed by atoms with E-state index in [4.69, 9.17) is 4.74 Å². The van der Waals surface area contributed by atoms with Gasteiger partial charge in [0.25, 0.3) is 11.8 Å². The number of rotatable bonds is 9. The molecular weight excluding hydrogens is 336 g/mol. The molecule has 0 aliphatic heterocycles. The number of benzene rings is 1. The summed E-state index contributed by atoms with van der Waals surface area (Å²) in [5.41, 5.74) is 0.449. The van der Waals surface area contributed by atoms with Crippen LogP contribution in [0.1, 0.15) is 30.6 Å². The van der Waals surface area contributed by atoms with Crippen molar-refractivity contribution in [1.82, 2.24) is 9.80 Å². The minimum absolute atomic E-state index is 0.0946. The maximum atomic E-state index is 12.8. The topological polar surface area (TPSA) is 76.1 Å². The van der Waals surface area contributed by atoms with Crippen molar-refractivity contribution in [2.45, 2.75) is 20.3 Å². The SMILES string of the molecule is COC(=O)CCN(CC(C)C)C(=O)c1cccc(OCC(=O)N(C)C)c1. The minimum Gasteiger partial charge on any atom is -0.484 e. The van der Waals surface area contributed by atoms with E-state index >= 15 is 0 Å². The summed E-state index contributed by atoms with van der Waals surface area (Å²) in [5.74, 6) is -0.00340. The van der Waals surface area contributed by atoms with Crippen molar-refractivity contribution in [2.24, 2.45) is 5.92 Å². The molecule has 0 aromatic heterocycles. The summed E-state index contributed by atoms with van der Waals surface area (Å²) >= 11 is 0. The van der Waals surface area contributed by atoms with Crippen LogP contribution in [-0.4, -0.2) is 68.5 Å². The average Bonchev–Trinajstić information content (AvgIpc) is 2.61. The number of ether oxygens (including phenoxy) is 2. The van der Waals surface area contributed by atoms with Crippen molar-refractivity contribution < 1.29 is 23.9 Å². The highest BCUT2D eigenvalue weighted by Gasteiger charge is 2.19. The van der Waals surface area contributed by atoms with Crippen molar-refractivity contribution in [2.75, 3.05) is 40.9 Å². The largest absolute Gasteiger partial charge is 0.484 e. The monoisotopic (exact) mass is 364 g/mol. The molecular formula is C19H28N2O5. The number of amides is 2. The Morgan fingerprint density at radius 2 is 1.85 bits per heavy atom. The predicted molar refractivity (Wildman–Crippen MR) is 98.0 cm³/mol. The van der Waals surface area contributed by atoms with Gasteiger partial charge in [0, 0.05) is 32.7 Å². The molecule has 0 atom stereocenters. The van der Waals surface area contributed by atoms with Gasteiger partial charge in [0.2, 0.25) is 0 Å². The Morgan fingerprint density at radius 3 is 2.42 bits per heavy atom. The molecule has 0 fully saturated rings. The van der Waals surface area contributed by atoms with Crippen LogP contribution in [0.3, 0.4) is 0 Å². The number of hydrogen-bond acceptors (Lipinski definition) is 5. The second-order valence-corrected chi connectivity index (χ2v) is 6.58. The summed E-state index contributed by atoms with van der Waals surface area (Å²) in [4.78, 5) is 38.9.